The second-order valence-electron chi connectivity index (χ2n) is 4.68. The summed E-state index contributed by atoms with van der Waals surface area (Å²) in [4.78, 5) is 0. The van der Waals surface area contributed by atoms with Crippen LogP contribution >= 0.6 is 11.8 Å². The number of aromatic nitrogens is 3. The Kier molecular flexibility index (Phi) is 3.20. The van der Waals surface area contributed by atoms with E-state index in [-0.39, 0.29) is 6.04 Å². The molecule has 0 saturated carbocycles. The zero-order valence-electron chi connectivity index (χ0n) is 10.9. The normalized spacial score (nSPS) is 21.4. The first-order valence-electron chi connectivity index (χ1n) is 6.12. The van der Waals surface area contributed by atoms with E-state index in [2.05, 4.69) is 16.3 Å². The highest BCUT2D eigenvalue weighted by molar-refractivity contribution is 7.99. The lowest BCUT2D eigenvalue weighted by Gasteiger charge is -2.14. The predicted molar refractivity (Wildman–Crippen MR) is 74.3 cm³/mol. The van der Waals surface area contributed by atoms with Crippen LogP contribution in [0, 0.1) is 0 Å². The fourth-order valence-corrected chi connectivity index (χ4v) is 3.50. The molecule has 3 rings (SSSR count). The molecule has 1 aliphatic rings. The van der Waals surface area contributed by atoms with Gasteiger partial charge in [-0.3, -0.25) is 0 Å². The van der Waals surface area contributed by atoms with E-state index < -0.39 is 0 Å². The van der Waals surface area contributed by atoms with Crippen LogP contribution < -0.4 is 10.5 Å². The first-order valence-corrected chi connectivity index (χ1v) is 7.00. The van der Waals surface area contributed by atoms with Gasteiger partial charge in [-0.2, -0.15) is 0 Å². The molecule has 1 aliphatic carbocycles. The molecule has 100 valence electrons. The summed E-state index contributed by atoms with van der Waals surface area (Å²) in [7, 11) is 3.62. The Morgan fingerprint density at radius 3 is 3.00 bits per heavy atom. The number of fused-ring (bicyclic) bond motifs is 1. The standard InChI is InChI=1S/C13H16N4OS/c1-17-7-15-16-13(17)19-11-5-8-3-4-9(18-2)6-10(8)12(11)14/h3-4,6-7,11-12H,5,14H2,1-2H3. The molecule has 1 aromatic carbocycles. The number of hydrogen-bond donors (Lipinski definition) is 1. The maximum atomic E-state index is 6.35. The lowest BCUT2D eigenvalue weighted by Crippen LogP contribution is -2.19. The number of nitrogens with two attached hydrogens (primary N) is 1. The molecule has 0 bridgehead atoms. The van der Waals surface area contributed by atoms with E-state index in [0.29, 0.717) is 5.25 Å². The van der Waals surface area contributed by atoms with Gasteiger partial charge in [0.25, 0.3) is 0 Å². The monoisotopic (exact) mass is 276 g/mol. The topological polar surface area (TPSA) is 66.0 Å². The number of benzene rings is 1. The molecule has 0 radical (unpaired) electrons. The Morgan fingerprint density at radius 1 is 1.47 bits per heavy atom. The Balaban J connectivity index is 1.83. The van der Waals surface area contributed by atoms with Gasteiger partial charge in [0.15, 0.2) is 5.16 Å². The Labute approximate surface area is 116 Å². The Bertz CT molecular complexity index is 598. The predicted octanol–water partition coefficient (Wildman–Crippen LogP) is 1.54. The van der Waals surface area contributed by atoms with Crippen molar-refractivity contribution in [3.63, 3.8) is 0 Å². The lowest BCUT2D eigenvalue weighted by atomic mass is 10.1. The Morgan fingerprint density at radius 2 is 2.32 bits per heavy atom. The molecular weight excluding hydrogens is 260 g/mol. The number of thioether (sulfide) groups is 1. The fraction of sp³-hybridized carbons (Fsp3) is 0.385. The van der Waals surface area contributed by atoms with Crippen LogP contribution in [-0.2, 0) is 13.5 Å². The molecule has 2 unspecified atom stereocenters. The van der Waals surface area contributed by atoms with Gasteiger partial charge >= 0.3 is 0 Å². The molecule has 0 amide bonds. The molecule has 0 saturated heterocycles. The molecule has 1 heterocycles. The highest BCUT2D eigenvalue weighted by atomic mass is 32.2. The van der Waals surface area contributed by atoms with Crippen molar-refractivity contribution < 1.29 is 4.74 Å². The van der Waals surface area contributed by atoms with Gasteiger partial charge in [0.2, 0.25) is 0 Å². The molecule has 1 aromatic heterocycles. The minimum Gasteiger partial charge on any atom is -0.497 e. The third kappa shape index (κ3) is 2.21. The number of aryl methyl sites for hydroxylation is 1. The van der Waals surface area contributed by atoms with Crippen molar-refractivity contribution in [1.82, 2.24) is 14.8 Å². The number of hydrogen-bond acceptors (Lipinski definition) is 5. The van der Waals surface area contributed by atoms with Crippen LogP contribution in [0.1, 0.15) is 17.2 Å². The summed E-state index contributed by atoms with van der Waals surface area (Å²) in [6.07, 6.45) is 2.66. The number of ether oxygens (including phenoxy) is 1. The van der Waals surface area contributed by atoms with Crippen LogP contribution in [0.5, 0.6) is 5.75 Å². The SMILES string of the molecule is COc1ccc2c(c1)C(N)C(Sc1nncn1C)C2. The van der Waals surface area contributed by atoms with Crippen molar-refractivity contribution in [2.45, 2.75) is 22.9 Å². The molecule has 5 nitrogen and oxygen atoms in total. The van der Waals surface area contributed by atoms with Crippen molar-refractivity contribution in [2.75, 3.05) is 7.11 Å². The molecule has 19 heavy (non-hydrogen) atoms. The van der Waals surface area contributed by atoms with Crippen LogP contribution in [0.25, 0.3) is 0 Å². The maximum absolute atomic E-state index is 6.35. The van der Waals surface area contributed by atoms with E-state index in [9.17, 15) is 0 Å². The van der Waals surface area contributed by atoms with Gasteiger partial charge in [0.05, 0.1) is 7.11 Å². The van der Waals surface area contributed by atoms with Crippen LogP contribution in [0.2, 0.25) is 0 Å². The second kappa shape index (κ2) is 4.86. The van der Waals surface area contributed by atoms with E-state index in [1.54, 1.807) is 25.2 Å². The number of nitrogens with zero attached hydrogens (tertiary/aromatic N) is 3. The fourth-order valence-electron chi connectivity index (χ4n) is 2.37. The van der Waals surface area contributed by atoms with Crippen molar-refractivity contribution in [1.29, 1.82) is 0 Å². The van der Waals surface area contributed by atoms with Gasteiger partial charge in [0, 0.05) is 18.3 Å². The zero-order chi connectivity index (χ0) is 13.4. The largest absolute Gasteiger partial charge is 0.497 e. The van der Waals surface area contributed by atoms with Crippen LogP contribution in [0.3, 0.4) is 0 Å². The summed E-state index contributed by atoms with van der Waals surface area (Å²) in [5.41, 5.74) is 8.83. The van der Waals surface area contributed by atoms with E-state index in [1.165, 1.54) is 11.1 Å². The van der Waals surface area contributed by atoms with Crippen LogP contribution in [0.15, 0.2) is 29.7 Å². The van der Waals surface area contributed by atoms with Crippen molar-refractivity contribution in [3.05, 3.63) is 35.7 Å². The molecule has 6 heteroatoms. The molecule has 2 atom stereocenters. The van der Waals surface area contributed by atoms with Gasteiger partial charge < -0.3 is 15.0 Å². The average Bonchev–Trinajstić information content (AvgIpc) is 2.95. The molecule has 2 N–H and O–H groups in total. The highest BCUT2D eigenvalue weighted by Crippen LogP contribution is 2.40. The van der Waals surface area contributed by atoms with Crippen LogP contribution in [0.4, 0.5) is 0 Å². The minimum absolute atomic E-state index is 0.00630. The van der Waals surface area contributed by atoms with Crippen molar-refractivity contribution in [3.8, 4) is 5.75 Å². The maximum Gasteiger partial charge on any atom is 0.191 e. The summed E-state index contributed by atoms with van der Waals surface area (Å²) < 4.78 is 7.18. The van der Waals surface area contributed by atoms with Crippen molar-refractivity contribution >= 4 is 11.8 Å². The van der Waals surface area contributed by atoms with E-state index >= 15 is 0 Å². The molecule has 0 aliphatic heterocycles. The van der Waals surface area contributed by atoms with Gasteiger partial charge in [-0.05, 0) is 29.7 Å². The molecule has 0 fully saturated rings. The smallest absolute Gasteiger partial charge is 0.191 e. The van der Waals surface area contributed by atoms with E-state index in [4.69, 9.17) is 10.5 Å². The molecule has 2 aromatic rings. The third-order valence-electron chi connectivity index (χ3n) is 3.46. The Hall–Kier alpha value is -1.53. The molecular formula is C13H16N4OS. The highest BCUT2D eigenvalue weighted by Gasteiger charge is 2.31. The summed E-state index contributed by atoms with van der Waals surface area (Å²) in [6.45, 7) is 0. The summed E-state index contributed by atoms with van der Waals surface area (Å²) >= 11 is 1.69. The third-order valence-corrected chi connectivity index (χ3v) is 4.80. The first kappa shape index (κ1) is 12.5. The quantitative estimate of drug-likeness (QED) is 0.921. The number of methoxy groups -OCH3 is 1. The second-order valence-corrected chi connectivity index (χ2v) is 5.88. The zero-order valence-corrected chi connectivity index (χ0v) is 11.7. The van der Waals surface area contributed by atoms with E-state index in [1.807, 2.05) is 23.7 Å². The summed E-state index contributed by atoms with van der Waals surface area (Å²) in [5, 5.41) is 9.20. The lowest BCUT2D eigenvalue weighted by molar-refractivity contribution is 0.414. The molecule has 0 spiro atoms. The number of rotatable bonds is 3. The minimum atomic E-state index is 0.00630. The van der Waals surface area contributed by atoms with Gasteiger partial charge in [-0.25, -0.2) is 0 Å². The van der Waals surface area contributed by atoms with Crippen molar-refractivity contribution in [2.24, 2.45) is 12.8 Å². The van der Waals surface area contributed by atoms with Gasteiger partial charge in [0.1, 0.15) is 12.1 Å². The van der Waals surface area contributed by atoms with E-state index in [0.717, 1.165) is 17.3 Å². The van der Waals surface area contributed by atoms with Crippen LogP contribution in [-0.4, -0.2) is 27.1 Å². The van der Waals surface area contributed by atoms with Gasteiger partial charge in [-0.15, -0.1) is 10.2 Å². The van der Waals surface area contributed by atoms with Gasteiger partial charge in [-0.1, -0.05) is 17.8 Å². The average molecular weight is 276 g/mol. The first-order chi connectivity index (χ1) is 9.19. The summed E-state index contributed by atoms with van der Waals surface area (Å²) in [5.74, 6) is 0.860. The summed E-state index contributed by atoms with van der Waals surface area (Å²) in [6, 6.07) is 6.13.